The van der Waals surface area contributed by atoms with Gasteiger partial charge in [0, 0.05) is 25.1 Å². The van der Waals surface area contributed by atoms with Crippen molar-refractivity contribution >= 4 is 5.91 Å². The molecule has 6 heteroatoms. The molecular formula is C14H17FN2O3. The highest BCUT2D eigenvalue weighted by Crippen LogP contribution is 2.17. The highest BCUT2D eigenvalue weighted by molar-refractivity contribution is 5.87. The number of hydrogen-bond acceptors (Lipinski definition) is 4. The molecule has 0 bridgehead atoms. The number of nitrogens with zero attached hydrogens (tertiary/aromatic N) is 2. The maximum absolute atomic E-state index is 12.9. The van der Waals surface area contributed by atoms with E-state index in [1.165, 1.54) is 18.4 Å². The number of aromatic nitrogens is 1. The van der Waals surface area contributed by atoms with E-state index in [-0.39, 0.29) is 17.9 Å². The fraction of sp³-hybridized carbons (Fsp3) is 0.429. The Balaban J connectivity index is 1.84. The Morgan fingerprint density at radius 1 is 1.60 bits per heavy atom. The average molecular weight is 280 g/mol. The van der Waals surface area contributed by atoms with Gasteiger partial charge >= 0.3 is 0 Å². The molecule has 1 unspecified atom stereocenters. The largest absolute Gasteiger partial charge is 0.501 e. The number of pyridine rings is 1. The van der Waals surface area contributed by atoms with E-state index in [4.69, 9.17) is 9.47 Å². The van der Waals surface area contributed by atoms with Crippen LogP contribution in [0.2, 0.25) is 0 Å². The van der Waals surface area contributed by atoms with Crippen LogP contribution < -0.4 is 4.74 Å². The van der Waals surface area contributed by atoms with Gasteiger partial charge in [-0.2, -0.15) is 9.37 Å². The van der Waals surface area contributed by atoms with Gasteiger partial charge in [0.15, 0.2) is 0 Å². The zero-order chi connectivity index (χ0) is 14.4. The molecule has 1 aliphatic heterocycles. The Bertz CT molecular complexity index is 493. The molecule has 5 nitrogen and oxygen atoms in total. The predicted octanol–water partition coefficient (Wildman–Crippen LogP) is 1.75. The lowest BCUT2D eigenvalue weighted by Crippen LogP contribution is -2.29. The van der Waals surface area contributed by atoms with Gasteiger partial charge in [0.2, 0.25) is 17.7 Å². The van der Waals surface area contributed by atoms with Crippen molar-refractivity contribution in [3.63, 3.8) is 0 Å². The van der Waals surface area contributed by atoms with Crippen LogP contribution >= 0.6 is 0 Å². The van der Waals surface area contributed by atoms with Crippen molar-refractivity contribution in [2.75, 3.05) is 19.7 Å². The number of carbonyl (C=O) groups excluding carboxylic acids is 1. The minimum atomic E-state index is -0.576. The van der Waals surface area contributed by atoms with E-state index in [1.807, 2.05) is 6.92 Å². The summed E-state index contributed by atoms with van der Waals surface area (Å²) in [6, 6.07) is 4.40. The van der Waals surface area contributed by atoms with Crippen molar-refractivity contribution in [2.45, 2.75) is 19.4 Å². The van der Waals surface area contributed by atoms with Crippen molar-refractivity contribution in [1.29, 1.82) is 0 Å². The minimum Gasteiger partial charge on any atom is -0.501 e. The van der Waals surface area contributed by atoms with Crippen LogP contribution in [0.1, 0.15) is 13.3 Å². The van der Waals surface area contributed by atoms with Crippen molar-refractivity contribution in [3.8, 4) is 5.88 Å². The zero-order valence-corrected chi connectivity index (χ0v) is 11.3. The zero-order valence-electron chi connectivity index (χ0n) is 11.3. The van der Waals surface area contributed by atoms with Gasteiger partial charge in [-0.1, -0.05) is 6.07 Å². The van der Waals surface area contributed by atoms with Crippen molar-refractivity contribution in [2.24, 2.45) is 0 Å². The molecule has 1 atom stereocenters. The lowest BCUT2D eigenvalue weighted by Gasteiger charge is -2.15. The molecule has 2 rings (SSSR count). The maximum atomic E-state index is 12.9. The molecule has 1 aromatic rings. The first-order valence-corrected chi connectivity index (χ1v) is 6.55. The van der Waals surface area contributed by atoms with Gasteiger partial charge in [0.1, 0.15) is 6.10 Å². The van der Waals surface area contributed by atoms with Crippen LogP contribution in [0.4, 0.5) is 4.39 Å². The third-order valence-electron chi connectivity index (χ3n) is 2.91. The molecule has 1 amide bonds. The van der Waals surface area contributed by atoms with Crippen LogP contribution in [-0.4, -0.2) is 41.6 Å². The molecule has 2 heterocycles. The molecule has 0 saturated carbocycles. The summed E-state index contributed by atoms with van der Waals surface area (Å²) in [6.45, 7) is 3.45. The molecule has 108 valence electrons. The fourth-order valence-electron chi connectivity index (χ4n) is 1.96. The fourth-order valence-corrected chi connectivity index (χ4v) is 1.96. The van der Waals surface area contributed by atoms with E-state index in [1.54, 1.807) is 17.0 Å². The van der Waals surface area contributed by atoms with E-state index >= 15 is 0 Å². The topological polar surface area (TPSA) is 51.7 Å². The molecule has 0 radical (unpaired) electrons. The van der Waals surface area contributed by atoms with Gasteiger partial charge in [-0.05, 0) is 13.0 Å². The minimum absolute atomic E-state index is 0.114. The van der Waals surface area contributed by atoms with Crippen molar-refractivity contribution in [1.82, 2.24) is 9.88 Å². The standard InChI is InChI=1S/C14H17FN2O3/c1-2-19-9-7-14(18)17-8-6-11(10-17)20-13-5-3-4-12(15)16-13/h3-5,7,9,11H,2,6,8,10H2,1H3/b9-7+. The molecule has 1 aliphatic rings. The lowest BCUT2D eigenvalue weighted by atomic mass is 10.3. The van der Waals surface area contributed by atoms with Crippen LogP contribution in [0.3, 0.4) is 0 Å². The molecule has 0 aliphatic carbocycles. The highest BCUT2D eigenvalue weighted by atomic mass is 19.1. The molecule has 1 aromatic heterocycles. The Morgan fingerprint density at radius 3 is 3.20 bits per heavy atom. The SMILES string of the molecule is CCO/C=C/C(=O)N1CCC(Oc2cccc(F)n2)C1. The molecule has 0 aromatic carbocycles. The summed E-state index contributed by atoms with van der Waals surface area (Å²) in [7, 11) is 0. The summed E-state index contributed by atoms with van der Waals surface area (Å²) in [5.41, 5.74) is 0. The van der Waals surface area contributed by atoms with Crippen LogP contribution in [0.5, 0.6) is 5.88 Å². The number of carbonyl (C=O) groups is 1. The number of amides is 1. The second-order valence-electron chi connectivity index (χ2n) is 4.37. The number of rotatable bonds is 5. The molecule has 1 saturated heterocycles. The maximum Gasteiger partial charge on any atom is 0.249 e. The van der Waals surface area contributed by atoms with E-state index in [2.05, 4.69) is 4.98 Å². The molecule has 20 heavy (non-hydrogen) atoms. The van der Waals surface area contributed by atoms with Gasteiger partial charge in [0.05, 0.1) is 19.4 Å². The van der Waals surface area contributed by atoms with Crippen LogP contribution in [0.25, 0.3) is 0 Å². The first-order valence-electron chi connectivity index (χ1n) is 6.55. The smallest absolute Gasteiger partial charge is 0.249 e. The van der Waals surface area contributed by atoms with Gasteiger partial charge in [0.25, 0.3) is 0 Å². The van der Waals surface area contributed by atoms with Crippen molar-refractivity contribution < 1.29 is 18.7 Å². The summed E-state index contributed by atoms with van der Waals surface area (Å²) < 4.78 is 23.5. The Kier molecular flexibility index (Phi) is 4.92. The van der Waals surface area contributed by atoms with E-state index in [0.29, 0.717) is 26.1 Å². The third kappa shape index (κ3) is 3.94. The van der Waals surface area contributed by atoms with Gasteiger partial charge < -0.3 is 14.4 Å². The predicted molar refractivity (Wildman–Crippen MR) is 70.6 cm³/mol. The van der Waals surface area contributed by atoms with Gasteiger partial charge in [-0.25, -0.2) is 0 Å². The third-order valence-corrected chi connectivity index (χ3v) is 2.91. The van der Waals surface area contributed by atoms with Crippen LogP contribution in [-0.2, 0) is 9.53 Å². The first kappa shape index (κ1) is 14.3. The quantitative estimate of drug-likeness (QED) is 0.468. The van der Waals surface area contributed by atoms with Crippen molar-refractivity contribution in [3.05, 3.63) is 36.5 Å². The van der Waals surface area contributed by atoms with E-state index in [9.17, 15) is 9.18 Å². The van der Waals surface area contributed by atoms with E-state index < -0.39 is 5.95 Å². The molecule has 1 fully saturated rings. The first-order chi connectivity index (χ1) is 9.69. The Labute approximate surface area is 117 Å². The summed E-state index contributed by atoms with van der Waals surface area (Å²) in [4.78, 5) is 17.1. The molecular weight excluding hydrogens is 263 g/mol. The number of hydrogen-bond donors (Lipinski definition) is 0. The average Bonchev–Trinajstić information content (AvgIpc) is 2.87. The summed E-state index contributed by atoms with van der Waals surface area (Å²) >= 11 is 0. The second kappa shape index (κ2) is 6.88. The molecule has 0 spiro atoms. The lowest BCUT2D eigenvalue weighted by molar-refractivity contribution is -0.125. The summed E-state index contributed by atoms with van der Waals surface area (Å²) in [5.74, 6) is -0.445. The Hall–Kier alpha value is -2.11. The summed E-state index contributed by atoms with van der Waals surface area (Å²) in [6.07, 6.45) is 3.33. The number of halogens is 1. The van der Waals surface area contributed by atoms with Gasteiger partial charge in [-0.15, -0.1) is 0 Å². The summed E-state index contributed by atoms with van der Waals surface area (Å²) in [5, 5.41) is 0. The number of ether oxygens (including phenoxy) is 2. The highest BCUT2D eigenvalue weighted by Gasteiger charge is 2.26. The van der Waals surface area contributed by atoms with Gasteiger partial charge in [-0.3, -0.25) is 4.79 Å². The van der Waals surface area contributed by atoms with Crippen LogP contribution in [0.15, 0.2) is 30.5 Å². The second-order valence-corrected chi connectivity index (χ2v) is 4.37. The number of likely N-dealkylation sites (tertiary alicyclic amines) is 1. The monoisotopic (exact) mass is 280 g/mol. The molecule has 0 N–H and O–H groups in total. The Morgan fingerprint density at radius 2 is 2.45 bits per heavy atom. The van der Waals surface area contributed by atoms with E-state index in [0.717, 1.165) is 0 Å². The van der Waals surface area contributed by atoms with Crippen LogP contribution in [0, 0.1) is 5.95 Å². The normalized spacial score (nSPS) is 18.5.